The van der Waals surface area contributed by atoms with Crippen LogP contribution in [0.25, 0.3) is 0 Å². The van der Waals surface area contributed by atoms with Crippen molar-refractivity contribution in [2.24, 2.45) is 0 Å². The lowest BCUT2D eigenvalue weighted by Gasteiger charge is -2.16. The molecule has 1 unspecified atom stereocenters. The number of hydrogen-bond acceptors (Lipinski definition) is 3. The van der Waals surface area contributed by atoms with Crippen molar-refractivity contribution in [3.8, 4) is 0 Å². The Morgan fingerprint density at radius 3 is 2.82 bits per heavy atom. The molecule has 0 aromatic carbocycles. The monoisotopic (exact) mass is 159 g/mol. The van der Waals surface area contributed by atoms with Crippen molar-refractivity contribution in [2.45, 2.75) is 25.0 Å². The number of likely N-dealkylation sites (tertiary alicyclic amines) is 1. The van der Waals surface area contributed by atoms with Crippen molar-refractivity contribution in [1.82, 2.24) is 4.90 Å². The van der Waals surface area contributed by atoms with Gasteiger partial charge in [-0.2, -0.15) is 0 Å². The molecule has 0 amide bonds. The molecule has 0 aromatic rings. The van der Waals surface area contributed by atoms with Gasteiger partial charge in [0, 0.05) is 26.3 Å². The summed E-state index contributed by atoms with van der Waals surface area (Å²) in [7, 11) is 3.83. The fourth-order valence-corrected chi connectivity index (χ4v) is 1.69. The van der Waals surface area contributed by atoms with Crippen molar-refractivity contribution >= 4 is 0 Å². The van der Waals surface area contributed by atoms with Gasteiger partial charge in [-0.15, -0.1) is 0 Å². The summed E-state index contributed by atoms with van der Waals surface area (Å²) in [5.74, 6) is 0. The summed E-state index contributed by atoms with van der Waals surface area (Å²) < 4.78 is 5.23. The summed E-state index contributed by atoms with van der Waals surface area (Å²) in [6.45, 7) is 1.28. The second-order valence-electron chi connectivity index (χ2n) is 3.20. The van der Waals surface area contributed by atoms with Gasteiger partial charge in [-0.1, -0.05) is 0 Å². The average molecular weight is 159 g/mol. The van der Waals surface area contributed by atoms with Gasteiger partial charge < -0.3 is 14.7 Å². The quantitative estimate of drug-likeness (QED) is 0.633. The Kier molecular flexibility index (Phi) is 3.30. The zero-order valence-electron chi connectivity index (χ0n) is 7.29. The summed E-state index contributed by atoms with van der Waals surface area (Å²) in [5.41, 5.74) is 0. The number of likely N-dealkylation sites (N-methyl/N-ethyl adjacent to an activating group) is 1. The molecular formula is C8H17NO2. The molecule has 3 nitrogen and oxygen atoms in total. The minimum Gasteiger partial charge on any atom is -0.396 e. The molecule has 11 heavy (non-hydrogen) atoms. The van der Waals surface area contributed by atoms with Crippen LogP contribution in [0.1, 0.15) is 12.8 Å². The van der Waals surface area contributed by atoms with Gasteiger partial charge in [0.1, 0.15) is 0 Å². The second kappa shape index (κ2) is 4.04. The first-order valence-electron chi connectivity index (χ1n) is 4.11. The first-order valence-corrected chi connectivity index (χ1v) is 4.11. The third kappa shape index (κ3) is 2.15. The molecular weight excluding hydrogens is 142 g/mol. The van der Waals surface area contributed by atoms with Gasteiger partial charge in [-0.05, 0) is 19.9 Å². The Bertz CT molecular complexity index is 119. The van der Waals surface area contributed by atoms with Crippen molar-refractivity contribution in [1.29, 1.82) is 0 Å². The lowest BCUT2D eigenvalue weighted by atomic mass is 10.1. The van der Waals surface area contributed by atoms with E-state index >= 15 is 0 Å². The lowest BCUT2D eigenvalue weighted by molar-refractivity contribution is 0.111. The van der Waals surface area contributed by atoms with Gasteiger partial charge >= 0.3 is 0 Å². The first kappa shape index (κ1) is 8.97. The zero-order valence-corrected chi connectivity index (χ0v) is 7.29. The van der Waals surface area contributed by atoms with Gasteiger partial charge in [-0.25, -0.2) is 0 Å². The second-order valence-corrected chi connectivity index (χ2v) is 3.20. The predicted molar refractivity (Wildman–Crippen MR) is 43.5 cm³/mol. The highest BCUT2D eigenvalue weighted by atomic mass is 16.5. The van der Waals surface area contributed by atoms with Crippen molar-refractivity contribution < 1.29 is 9.84 Å². The van der Waals surface area contributed by atoms with E-state index in [4.69, 9.17) is 9.84 Å². The standard InChI is InChI=1S/C8H17NO2/c1-9-6-8(11-2)5-7(9)3-4-10/h7-8,10H,3-6H2,1-2H3/t7-,8?/m1/s1. The van der Waals surface area contributed by atoms with E-state index in [1.165, 1.54) is 0 Å². The van der Waals surface area contributed by atoms with E-state index in [9.17, 15) is 0 Å². The highest BCUT2D eigenvalue weighted by molar-refractivity contribution is 4.83. The topological polar surface area (TPSA) is 32.7 Å². The molecule has 0 radical (unpaired) electrons. The molecule has 0 aromatic heterocycles. The Morgan fingerprint density at radius 2 is 2.36 bits per heavy atom. The van der Waals surface area contributed by atoms with Crippen LogP contribution in [0.3, 0.4) is 0 Å². The van der Waals surface area contributed by atoms with Gasteiger partial charge in [-0.3, -0.25) is 0 Å². The van der Waals surface area contributed by atoms with Crippen LogP contribution >= 0.6 is 0 Å². The maximum atomic E-state index is 8.74. The lowest BCUT2D eigenvalue weighted by Crippen LogP contribution is -2.26. The van der Waals surface area contributed by atoms with E-state index in [2.05, 4.69) is 11.9 Å². The van der Waals surface area contributed by atoms with Gasteiger partial charge in [0.15, 0.2) is 0 Å². The van der Waals surface area contributed by atoms with Crippen LogP contribution in [-0.2, 0) is 4.74 Å². The Morgan fingerprint density at radius 1 is 1.64 bits per heavy atom. The summed E-state index contributed by atoms with van der Waals surface area (Å²) >= 11 is 0. The Balaban J connectivity index is 2.32. The van der Waals surface area contributed by atoms with Crippen LogP contribution in [0.5, 0.6) is 0 Å². The molecule has 1 heterocycles. The highest BCUT2D eigenvalue weighted by Gasteiger charge is 2.28. The number of aliphatic hydroxyl groups is 1. The molecule has 1 aliphatic heterocycles. The zero-order chi connectivity index (χ0) is 8.27. The number of nitrogens with zero attached hydrogens (tertiary/aromatic N) is 1. The maximum Gasteiger partial charge on any atom is 0.0713 e. The Labute approximate surface area is 68.0 Å². The number of ether oxygens (including phenoxy) is 1. The molecule has 1 saturated heterocycles. The molecule has 0 saturated carbocycles. The molecule has 1 rings (SSSR count). The van der Waals surface area contributed by atoms with E-state index in [0.717, 1.165) is 19.4 Å². The van der Waals surface area contributed by atoms with Crippen LogP contribution < -0.4 is 0 Å². The van der Waals surface area contributed by atoms with E-state index in [0.29, 0.717) is 12.1 Å². The average Bonchev–Trinajstić information content (AvgIpc) is 2.33. The van der Waals surface area contributed by atoms with Gasteiger partial charge in [0.25, 0.3) is 0 Å². The first-order chi connectivity index (χ1) is 5.27. The molecule has 3 heteroatoms. The third-order valence-electron chi connectivity index (χ3n) is 2.45. The predicted octanol–water partition coefficient (Wildman–Crippen LogP) is 0.0879. The number of hydrogen-bond donors (Lipinski definition) is 1. The van der Waals surface area contributed by atoms with Crippen LogP contribution in [0, 0.1) is 0 Å². The van der Waals surface area contributed by atoms with E-state index < -0.39 is 0 Å². The van der Waals surface area contributed by atoms with Crippen molar-refractivity contribution in [3.05, 3.63) is 0 Å². The third-order valence-corrected chi connectivity index (χ3v) is 2.45. The van der Waals surface area contributed by atoms with Crippen LogP contribution in [-0.4, -0.2) is 49.5 Å². The molecule has 1 N–H and O–H groups in total. The van der Waals surface area contributed by atoms with Crippen LogP contribution in [0.15, 0.2) is 0 Å². The SMILES string of the molecule is COC1C[C@@H](CCO)N(C)C1. The van der Waals surface area contributed by atoms with E-state index in [-0.39, 0.29) is 6.61 Å². The Hall–Kier alpha value is -0.120. The fourth-order valence-electron chi connectivity index (χ4n) is 1.69. The molecule has 0 bridgehead atoms. The van der Waals surface area contributed by atoms with E-state index in [1.54, 1.807) is 7.11 Å². The van der Waals surface area contributed by atoms with E-state index in [1.807, 2.05) is 0 Å². The summed E-state index contributed by atoms with van der Waals surface area (Å²) in [6, 6.07) is 0.518. The minimum absolute atomic E-state index is 0.283. The number of aliphatic hydroxyl groups excluding tert-OH is 1. The molecule has 0 aliphatic carbocycles. The summed E-state index contributed by atoms with van der Waals surface area (Å²) in [5, 5.41) is 8.74. The van der Waals surface area contributed by atoms with Gasteiger partial charge in [0.05, 0.1) is 6.10 Å². The normalized spacial score (nSPS) is 33.0. The molecule has 66 valence electrons. The molecule has 1 fully saturated rings. The largest absolute Gasteiger partial charge is 0.396 e. The number of rotatable bonds is 3. The smallest absolute Gasteiger partial charge is 0.0713 e. The molecule has 0 spiro atoms. The molecule has 2 atom stereocenters. The minimum atomic E-state index is 0.283. The maximum absolute atomic E-state index is 8.74. The molecule has 1 aliphatic rings. The summed E-state index contributed by atoms with van der Waals surface area (Å²) in [6.07, 6.45) is 2.31. The highest BCUT2D eigenvalue weighted by Crippen LogP contribution is 2.19. The van der Waals surface area contributed by atoms with Crippen LogP contribution in [0.2, 0.25) is 0 Å². The van der Waals surface area contributed by atoms with Gasteiger partial charge in [0.2, 0.25) is 0 Å². The summed E-state index contributed by atoms with van der Waals surface area (Å²) in [4.78, 5) is 2.25. The van der Waals surface area contributed by atoms with Crippen molar-refractivity contribution in [3.63, 3.8) is 0 Å². The fraction of sp³-hybridized carbons (Fsp3) is 1.00. The van der Waals surface area contributed by atoms with Crippen molar-refractivity contribution in [2.75, 3.05) is 27.3 Å². The number of methoxy groups -OCH3 is 1. The van der Waals surface area contributed by atoms with Crippen LogP contribution in [0.4, 0.5) is 0 Å².